The highest BCUT2D eigenvalue weighted by molar-refractivity contribution is 5.78. The molecule has 1 aromatic carbocycles. The fourth-order valence-corrected chi connectivity index (χ4v) is 5.79. The topological polar surface area (TPSA) is 41.6 Å². The van der Waals surface area contributed by atoms with Crippen molar-refractivity contribution >= 4 is 5.91 Å². The minimum absolute atomic E-state index is 0.131. The average Bonchev–Trinajstić information content (AvgIpc) is 2.74. The number of likely N-dealkylation sites (tertiary alicyclic amines) is 1. The van der Waals surface area contributed by atoms with Gasteiger partial charge in [-0.05, 0) is 74.2 Å². The second kappa shape index (κ2) is 9.30. The van der Waals surface area contributed by atoms with E-state index in [4.69, 9.17) is 4.74 Å². The summed E-state index contributed by atoms with van der Waals surface area (Å²) in [5.41, 5.74) is 2.52. The summed E-state index contributed by atoms with van der Waals surface area (Å²) in [7, 11) is 1.73. The number of carbonyl (C=O) groups excluding carboxylic acids is 1. The van der Waals surface area contributed by atoms with Crippen molar-refractivity contribution in [3.8, 4) is 5.75 Å². The van der Waals surface area contributed by atoms with Crippen LogP contribution in [0.15, 0.2) is 18.2 Å². The molecule has 0 bridgehead atoms. The van der Waals surface area contributed by atoms with E-state index >= 15 is 0 Å². The summed E-state index contributed by atoms with van der Waals surface area (Å²) >= 11 is 0. The van der Waals surface area contributed by atoms with Gasteiger partial charge >= 0.3 is 0 Å². The number of methoxy groups -OCH3 is 1. The molecule has 1 amide bonds. The molecular weight excluding hydrogens is 348 g/mol. The van der Waals surface area contributed by atoms with E-state index in [1.165, 1.54) is 56.1 Å². The molecule has 1 saturated heterocycles. The van der Waals surface area contributed by atoms with Gasteiger partial charge in [-0.3, -0.25) is 9.69 Å². The molecule has 4 rings (SSSR count). The highest BCUT2D eigenvalue weighted by Gasteiger charge is 2.29. The number of carbonyl (C=O) groups is 1. The number of rotatable bonds is 5. The maximum absolute atomic E-state index is 12.7. The summed E-state index contributed by atoms with van der Waals surface area (Å²) < 4.78 is 5.53. The Morgan fingerprint density at radius 2 is 1.79 bits per heavy atom. The predicted octanol–water partition coefficient (Wildman–Crippen LogP) is 4.48. The zero-order valence-electron chi connectivity index (χ0n) is 17.4. The van der Waals surface area contributed by atoms with E-state index in [0.29, 0.717) is 6.54 Å². The third kappa shape index (κ3) is 4.53. The van der Waals surface area contributed by atoms with Crippen LogP contribution in [0.1, 0.15) is 75.0 Å². The fourth-order valence-electron chi connectivity index (χ4n) is 5.79. The Kier molecular flexibility index (Phi) is 6.56. The van der Waals surface area contributed by atoms with Gasteiger partial charge in [0, 0.05) is 0 Å². The van der Waals surface area contributed by atoms with Gasteiger partial charge in [-0.1, -0.05) is 44.2 Å². The second-order valence-corrected chi connectivity index (χ2v) is 9.05. The number of nitrogens with one attached hydrogen (secondary N) is 1. The Hall–Kier alpha value is -1.55. The van der Waals surface area contributed by atoms with Crippen molar-refractivity contribution in [3.05, 3.63) is 29.3 Å². The van der Waals surface area contributed by atoms with Crippen molar-refractivity contribution in [2.45, 2.75) is 70.3 Å². The molecule has 0 spiro atoms. The zero-order chi connectivity index (χ0) is 19.3. The Balaban J connectivity index is 1.28. The largest absolute Gasteiger partial charge is 0.496 e. The van der Waals surface area contributed by atoms with Gasteiger partial charge < -0.3 is 10.1 Å². The van der Waals surface area contributed by atoms with Crippen LogP contribution in [0.4, 0.5) is 0 Å². The lowest BCUT2D eigenvalue weighted by Gasteiger charge is -2.37. The summed E-state index contributed by atoms with van der Waals surface area (Å²) in [6.45, 7) is 2.72. The number of ether oxygens (including phenoxy) is 1. The van der Waals surface area contributed by atoms with Gasteiger partial charge in [0.2, 0.25) is 5.91 Å². The number of hydrogen-bond donors (Lipinski definition) is 1. The van der Waals surface area contributed by atoms with Gasteiger partial charge in [-0.25, -0.2) is 0 Å². The molecule has 1 aromatic rings. The smallest absolute Gasteiger partial charge is 0.234 e. The molecule has 0 radical (unpaired) electrons. The molecule has 4 heteroatoms. The number of benzene rings is 1. The van der Waals surface area contributed by atoms with Crippen molar-refractivity contribution in [2.24, 2.45) is 11.8 Å². The summed E-state index contributed by atoms with van der Waals surface area (Å²) in [4.78, 5) is 15.1. The SMILES string of the molecule is COc1cccc2c1CCCC2NC(=O)CN1CCC(C2CCCCC2)CC1. The molecule has 1 heterocycles. The molecule has 1 unspecified atom stereocenters. The van der Waals surface area contributed by atoms with Crippen LogP contribution in [0.5, 0.6) is 5.75 Å². The normalized spacial score (nSPS) is 24.5. The number of fused-ring (bicyclic) bond motifs is 1. The van der Waals surface area contributed by atoms with Gasteiger partial charge in [0.25, 0.3) is 0 Å². The van der Waals surface area contributed by atoms with Crippen LogP contribution in [0.2, 0.25) is 0 Å². The number of piperidine rings is 1. The molecule has 1 N–H and O–H groups in total. The van der Waals surface area contributed by atoms with Crippen molar-refractivity contribution in [3.63, 3.8) is 0 Å². The van der Waals surface area contributed by atoms with E-state index in [-0.39, 0.29) is 11.9 Å². The van der Waals surface area contributed by atoms with E-state index in [9.17, 15) is 4.79 Å². The monoisotopic (exact) mass is 384 g/mol. The number of amides is 1. The highest BCUT2D eigenvalue weighted by Crippen LogP contribution is 2.36. The summed E-state index contributed by atoms with van der Waals surface area (Å²) in [6, 6.07) is 6.35. The lowest BCUT2D eigenvalue weighted by Crippen LogP contribution is -2.43. The zero-order valence-corrected chi connectivity index (χ0v) is 17.4. The molecule has 1 saturated carbocycles. The van der Waals surface area contributed by atoms with E-state index in [1.807, 2.05) is 12.1 Å². The summed E-state index contributed by atoms with van der Waals surface area (Å²) in [5, 5.41) is 3.31. The first kappa shape index (κ1) is 19.8. The average molecular weight is 385 g/mol. The maximum atomic E-state index is 12.7. The first-order valence-electron chi connectivity index (χ1n) is 11.4. The minimum Gasteiger partial charge on any atom is -0.496 e. The Bertz CT molecular complexity index is 661. The van der Waals surface area contributed by atoms with Crippen molar-refractivity contribution in [2.75, 3.05) is 26.7 Å². The summed E-state index contributed by atoms with van der Waals surface area (Å²) in [6.07, 6.45) is 12.9. The third-order valence-corrected chi connectivity index (χ3v) is 7.34. The van der Waals surface area contributed by atoms with E-state index in [0.717, 1.165) is 49.9 Å². The van der Waals surface area contributed by atoms with Crippen LogP contribution in [0.3, 0.4) is 0 Å². The lowest BCUT2D eigenvalue weighted by molar-refractivity contribution is -0.123. The minimum atomic E-state index is 0.131. The van der Waals surface area contributed by atoms with Gasteiger partial charge in [-0.15, -0.1) is 0 Å². The molecule has 0 aromatic heterocycles. The van der Waals surface area contributed by atoms with Crippen LogP contribution < -0.4 is 10.1 Å². The molecular formula is C24H36N2O2. The van der Waals surface area contributed by atoms with E-state index in [2.05, 4.69) is 16.3 Å². The summed E-state index contributed by atoms with van der Waals surface area (Å²) in [5.74, 6) is 2.99. The standard InChI is InChI=1S/C24H36N2O2/c1-28-23-12-6-9-20-21(23)10-5-11-22(20)25-24(27)17-26-15-13-19(14-16-26)18-7-3-2-4-8-18/h6,9,12,18-19,22H,2-5,7-8,10-11,13-17H2,1H3,(H,25,27). The van der Waals surface area contributed by atoms with Gasteiger partial charge in [0.1, 0.15) is 5.75 Å². The lowest BCUT2D eigenvalue weighted by atomic mass is 9.76. The van der Waals surface area contributed by atoms with Crippen molar-refractivity contribution < 1.29 is 9.53 Å². The van der Waals surface area contributed by atoms with Crippen LogP contribution in [-0.2, 0) is 11.2 Å². The second-order valence-electron chi connectivity index (χ2n) is 9.05. The molecule has 1 atom stereocenters. The van der Waals surface area contributed by atoms with E-state index in [1.54, 1.807) is 7.11 Å². The van der Waals surface area contributed by atoms with Crippen LogP contribution in [0.25, 0.3) is 0 Å². The van der Waals surface area contributed by atoms with Gasteiger partial charge in [-0.2, -0.15) is 0 Å². The third-order valence-electron chi connectivity index (χ3n) is 7.34. The van der Waals surface area contributed by atoms with Crippen molar-refractivity contribution in [1.29, 1.82) is 0 Å². The molecule has 1 aliphatic heterocycles. The molecule has 28 heavy (non-hydrogen) atoms. The Morgan fingerprint density at radius 3 is 2.54 bits per heavy atom. The molecule has 3 aliphatic rings. The van der Waals surface area contributed by atoms with Gasteiger partial charge in [0.15, 0.2) is 0 Å². The Labute approximate surface area is 170 Å². The van der Waals surface area contributed by atoms with Crippen LogP contribution in [0, 0.1) is 11.8 Å². The molecule has 2 aliphatic carbocycles. The van der Waals surface area contributed by atoms with E-state index < -0.39 is 0 Å². The number of nitrogens with zero attached hydrogens (tertiary/aromatic N) is 1. The fraction of sp³-hybridized carbons (Fsp3) is 0.708. The predicted molar refractivity (Wildman–Crippen MR) is 113 cm³/mol. The molecule has 2 fully saturated rings. The quantitative estimate of drug-likeness (QED) is 0.814. The van der Waals surface area contributed by atoms with Crippen LogP contribution in [-0.4, -0.2) is 37.6 Å². The number of hydrogen-bond acceptors (Lipinski definition) is 3. The first-order valence-corrected chi connectivity index (χ1v) is 11.4. The molecule has 4 nitrogen and oxygen atoms in total. The Morgan fingerprint density at radius 1 is 1.04 bits per heavy atom. The highest BCUT2D eigenvalue weighted by atomic mass is 16.5. The molecule has 154 valence electrons. The van der Waals surface area contributed by atoms with Crippen molar-refractivity contribution in [1.82, 2.24) is 10.2 Å². The van der Waals surface area contributed by atoms with Gasteiger partial charge in [0.05, 0.1) is 19.7 Å². The maximum Gasteiger partial charge on any atom is 0.234 e. The first-order chi connectivity index (χ1) is 13.7. The van der Waals surface area contributed by atoms with Crippen LogP contribution >= 0.6 is 0 Å².